The van der Waals surface area contributed by atoms with E-state index in [0.29, 0.717) is 27.1 Å². The number of halogens is 4. The maximum Gasteiger partial charge on any atom is 0.246 e. The number of nitrogens with one attached hydrogen (secondary N) is 1. The number of carbonyl (C=O) groups excluding carboxylic acids is 1. The van der Waals surface area contributed by atoms with Gasteiger partial charge in [0.15, 0.2) is 17.5 Å². The molecule has 134 valence electrons. The number of sulfonamides is 1. The van der Waals surface area contributed by atoms with Crippen LogP contribution in [0.4, 0.5) is 18.9 Å². The Hall–Kier alpha value is -2.10. The number of benzene rings is 2. The molecule has 10 heteroatoms. The smallest absolute Gasteiger partial charge is 0.246 e. The summed E-state index contributed by atoms with van der Waals surface area (Å²) >= 11 is 5.71. The van der Waals surface area contributed by atoms with Crippen LogP contribution in [-0.4, -0.2) is 32.2 Å². The van der Waals surface area contributed by atoms with Crippen LogP contribution >= 0.6 is 11.6 Å². The molecule has 0 aliphatic heterocycles. The lowest BCUT2D eigenvalue weighted by molar-refractivity contribution is -0.116. The zero-order valence-electron chi connectivity index (χ0n) is 12.8. The Morgan fingerprint density at radius 3 is 2.28 bits per heavy atom. The highest BCUT2D eigenvalue weighted by Gasteiger charge is 2.29. The number of likely N-dealkylation sites (N-methyl/N-ethyl adjacent to an activating group) is 1. The summed E-state index contributed by atoms with van der Waals surface area (Å²) in [5, 5.41) is 2.88. The molecule has 1 N–H and O–H groups in total. The van der Waals surface area contributed by atoms with Gasteiger partial charge in [0.05, 0.1) is 6.54 Å². The van der Waals surface area contributed by atoms with E-state index in [1.807, 2.05) is 0 Å². The Kier molecular flexibility index (Phi) is 5.71. The van der Waals surface area contributed by atoms with Gasteiger partial charge in [-0.3, -0.25) is 4.79 Å². The van der Waals surface area contributed by atoms with Gasteiger partial charge in [-0.2, -0.15) is 4.31 Å². The third kappa shape index (κ3) is 4.30. The van der Waals surface area contributed by atoms with Gasteiger partial charge in [0.25, 0.3) is 0 Å². The molecule has 0 aromatic heterocycles. The molecule has 0 heterocycles. The Labute approximate surface area is 147 Å². The molecule has 25 heavy (non-hydrogen) atoms. The summed E-state index contributed by atoms with van der Waals surface area (Å²) in [6.45, 7) is -0.663. The Balaban J connectivity index is 2.16. The van der Waals surface area contributed by atoms with E-state index in [1.54, 1.807) is 0 Å². The van der Waals surface area contributed by atoms with Crippen molar-refractivity contribution in [2.24, 2.45) is 0 Å². The maximum absolute atomic E-state index is 13.7. The van der Waals surface area contributed by atoms with Crippen LogP contribution in [0.2, 0.25) is 5.02 Å². The Morgan fingerprint density at radius 1 is 1.08 bits per heavy atom. The molecule has 0 aliphatic rings. The zero-order chi connectivity index (χ0) is 18.8. The number of hydrogen-bond acceptors (Lipinski definition) is 3. The monoisotopic (exact) mass is 392 g/mol. The summed E-state index contributed by atoms with van der Waals surface area (Å²) in [5.41, 5.74) is 0.374. The zero-order valence-corrected chi connectivity index (χ0v) is 14.3. The lowest BCUT2D eigenvalue weighted by Crippen LogP contribution is -2.35. The van der Waals surface area contributed by atoms with E-state index in [0.717, 1.165) is 7.05 Å². The Morgan fingerprint density at radius 2 is 1.68 bits per heavy atom. The van der Waals surface area contributed by atoms with Crippen molar-refractivity contribution in [2.45, 2.75) is 4.90 Å². The third-order valence-electron chi connectivity index (χ3n) is 3.18. The summed E-state index contributed by atoms with van der Waals surface area (Å²) in [7, 11) is -3.52. The summed E-state index contributed by atoms with van der Waals surface area (Å²) < 4.78 is 64.9. The van der Waals surface area contributed by atoms with Gasteiger partial charge in [-0.15, -0.1) is 0 Å². The fourth-order valence-corrected chi connectivity index (χ4v) is 3.20. The molecule has 0 fully saturated rings. The molecule has 2 aromatic carbocycles. The molecular weight excluding hydrogens is 381 g/mol. The second-order valence-corrected chi connectivity index (χ2v) is 7.44. The summed E-state index contributed by atoms with van der Waals surface area (Å²) in [6.07, 6.45) is 0. The van der Waals surface area contributed by atoms with E-state index >= 15 is 0 Å². The van der Waals surface area contributed by atoms with Gasteiger partial charge in [0, 0.05) is 17.8 Å². The maximum atomic E-state index is 13.7. The fourth-order valence-electron chi connectivity index (χ4n) is 1.90. The van der Waals surface area contributed by atoms with Crippen LogP contribution in [0.15, 0.2) is 41.3 Å². The lowest BCUT2D eigenvalue weighted by atomic mass is 10.3. The van der Waals surface area contributed by atoms with Gasteiger partial charge in [-0.05, 0) is 36.4 Å². The molecule has 2 rings (SSSR count). The van der Waals surface area contributed by atoms with Gasteiger partial charge in [-0.25, -0.2) is 21.6 Å². The average molecular weight is 393 g/mol. The minimum Gasteiger partial charge on any atom is -0.325 e. The third-order valence-corrected chi connectivity index (χ3v) is 5.26. The molecule has 0 aliphatic carbocycles. The van der Waals surface area contributed by atoms with E-state index in [1.165, 1.54) is 24.3 Å². The summed E-state index contributed by atoms with van der Waals surface area (Å²) in [5.74, 6) is -5.97. The number of rotatable bonds is 5. The van der Waals surface area contributed by atoms with Crippen molar-refractivity contribution in [3.8, 4) is 0 Å². The van der Waals surface area contributed by atoms with Gasteiger partial charge >= 0.3 is 0 Å². The van der Waals surface area contributed by atoms with Gasteiger partial charge in [-0.1, -0.05) is 11.6 Å². The van der Waals surface area contributed by atoms with Crippen LogP contribution in [0.25, 0.3) is 0 Å². The minimum atomic E-state index is -4.53. The van der Waals surface area contributed by atoms with Gasteiger partial charge in [0.1, 0.15) is 4.90 Å². The van der Waals surface area contributed by atoms with Crippen LogP contribution in [0, 0.1) is 17.5 Å². The summed E-state index contributed by atoms with van der Waals surface area (Å²) in [6, 6.07) is 7.14. The standard InChI is InChI=1S/C15H12ClF3N2O3S/c1-21(8-13(22)20-10-4-2-9(16)3-5-10)25(23,24)12-7-6-11(17)14(18)15(12)19/h2-7H,8H2,1H3,(H,20,22). The minimum absolute atomic E-state index is 0.374. The average Bonchev–Trinajstić information content (AvgIpc) is 2.54. The molecule has 2 aromatic rings. The van der Waals surface area contributed by atoms with Crippen molar-refractivity contribution in [1.29, 1.82) is 0 Å². The first-order valence-corrected chi connectivity index (χ1v) is 8.60. The van der Waals surface area contributed by atoms with Crippen molar-refractivity contribution in [3.05, 3.63) is 58.9 Å². The normalized spacial score (nSPS) is 11.6. The van der Waals surface area contributed by atoms with Crippen LogP contribution in [-0.2, 0) is 14.8 Å². The molecule has 0 unspecified atom stereocenters. The first-order chi connectivity index (χ1) is 11.6. The van der Waals surface area contributed by atoms with Crippen molar-refractivity contribution in [2.75, 3.05) is 18.9 Å². The first-order valence-electron chi connectivity index (χ1n) is 6.78. The topological polar surface area (TPSA) is 66.5 Å². The summed E-state index contributed by atoms with van der Waals surface area (Å²) in [4.78, 5) is 10.9. The molecule has 0 bridgehead atoms. The lowest BCUT2D eigenvalue weighted by Gasteiger charge is -2.17. The second kappa shape index (κ2) is 7.42. The molecule has 0 saturated carbocycles. The van der Waals surface area contributed by atoms with Gasteiger partial charge in [0.2, 0.25) is 15.9 Å². The molecular formula is C15H12ClF3N2O3S. The number of nitrogens with zero attached hydrogens (tertiary/aromatic N) is 1. The van der Waals surface area contributed by atoms with Crippen molar-refractivity contribution in [3.63, 3.8) is 0 Å². The molecule has 0 atom stereocenters. The van der Waals surface area contributed by atoms with Crippen molar-refractivity contribution < 1.29 is 26.4 Å². The predicted octanol–water partition coefficient (Wildman–Crippen LogP) is 3.02. The number of amides is 1. The van der Waals surface area contributed by atoms with E-state index in [-0.39, 0.29) is 0 Å². The van der Waals surface area contributed by atoms with Crippen LogP contribution in [0.1, 0.15) is 0 Å². The largest absolute Gasteiger partial charge is 0.325 e. The molecule has 1 amide bonds. The SMILES string of the molecule is CN(CC(=O)Nc1ccc(Cl)cc1)S(=O)(=O)c1ccc(F)c(F)c1F. The fraction of sp³-hybridized carbons (Fsp3) is 0.133. The number of anilines is 1. The predicted molar refractivity (Wildman–Crippen MR) is 86.2 cm³/mol. The molecule has 0 radical (unpaired) electrons. The van der Waals surface area contributed by atoms with Crippen molar-refractivity contribution >= 4 is 33.2 Å². The van der Waals surface area contributed by atoms with Gasteiger partial charge < -0.3 is 5.32 Å². The number of hydrogen-bond donors (Lipinski definition) is 1. The quantitative estimate of drug-likeness (QED) is 0.795. The highest BCUT2D eigenvalue weighted by molar-refractivity contribution is 7.89. The molecule has 5 nitrogen and oxygen atoms in total. The van der Waals surface area contributed by atoms with E-state index in [4.69, 9.17) is 11.6 Å². The highest BCUT2D eigenvalue weighted by Crippen LogP contribution is 2.22. The highest BCUT2D eigenvalue weighted by atomic mass is 35.5. The van der Waals surface area contributed by atoms with Crippen molar-refractivity contribution in [1.82, 2.24) is 4.31 Å². The number of carbonyl (C=O) groups is 1. The molecule has 0 saturated heterocycles. The van der Waals surface area contributed by atoms with E-state index in [9.17, 15) is 26.4 Å². The Bertz CT molecular complexity index is 905. The molecule has 0 spiro atoms. The second-order valence-electron chi connectivity index (χ2n) is 4.99. The first kappa shape index (κ1) is 19.2. The van der Waals surface area contributed by atoms with E-state index < -0.39 is 44.8 Å². The van der Waals surface area contributed by atoms with Crippen LogP contribution in [0.5, 0.6) is 0 Å². The van der Waals surface area contributed by atoms with Crippen LogP contribution in [0.3, 0.4) is 0 Å². The van der Waals surface area contributed by atoms with E-state index in [2.05, 4.69) is 5.32 Å². The van der Waals surface area contributed by atoms with Crippen LogP contribution < -0.4 is 5.32 Å².